The lowest BCUT2D eigenvalue weighted by Gasteiger charge is -2.33. The first-order valence-corrected chi connectivity index (χ1v) is 23.9. The summed E-state index contributed by atoms with van der Waals surface area (Å²) < 4.78 is 292. The molecule has 29 heteroatoms. The average molecular weight is 1150 g/mol. The van der Waals surface area contributed by atoms with Gasteiger partial charge in [0, 0.05) is 18.8 Å². The van der Waals surface area contributed by atoms with Crippen molar-refractivity contribution in [2.24, 2.45) is 0 Å². The highest BCUT2D eigenvalue weighted by Crippen LogP contribution is 2.52. The van der Waals surface area contributed by atoms with Crippen LogP contribution in [0, 0.1) is 0 Å². The molecule has 2 unspecified atom stereocenters. The Kier molecular flexibility index (Phi) is 21.1. The number of esters is 2. The first-order valence-electron chi connectivity index (χ1n) is 21.0. The van der Waals surface area contributed by atoms with Crippen molar-refractivity contribution in [3.05, 3.63) is 169 Å². The van der Waals surface area contributed by atoms with Gasteiger partial charge in [0.15, 0.2) is 29.4 Å². The van der Waals surface area contributed by atoms with Crippen molar-refractivity contribution >= 4 is 31.6 Å². The molecule has 12 nitrogen and oxygen atoms in total. The van der Waals surface area contributed by atoms with Gasteiger partial charge in [-0.05, 0) is 103 Å². The molecule has 0 aromatic heterocycles. The van der Waals surface area contributed by atoms with Crippen molar-refractivity contribution in [2.75, 3.05) is 33.1 Å². The standard InChI is InChI=1S/C48H35F15O12S2/c1-3-37(64)74-29-10-18-34(19-11-29)76(66,67)32-14-6-27(7-15-32)71-26-31(73-28-8-16-33(17-9-28)77(68,69)35-20-12-30(13-21-35)75-38(65)4-2)25-70-22-5-23-72-46(58,47(59,60)48(61,62)63)45(57)44(56)43(55)42(54)41(53)40(52)39(51)36(50)24-49/h3-4,6-21,31H,1-2,5,22-26H2/b39-36+,41-40+,43-42+,45-44+. The molecule has 0 aliphatic carbocycles. The third kappa shape index (κ3) is 15.2. The van der Waals surface area contributed by atoms with Gasteiger partial charge in [0.1, 0.15) is 36.3 Å². The van der Waals surface area contributed by atoms with Crippen molar-refractivity contribution in [3.63, 3.8) is 0 Å². The summed E-state index contributed by atoms with van der Waals surface area (Å²) in [5, 5.41) is 0. The summed E-state index contributed by atoms with van der Waals surface area (Å²) in [6.07, 6.45) is -7.88. The van der Waals surface area contributed by atoms with Gasteiger partial charge in [-0.1, -0.05) is 13.2 Å². The molecule has 4 aromatic rings. The van der Waals surface area contributed by atoms with E-state index < -0.39 is 142 Å². The molecule has 2 atom stereocenters. The van der Waals surface area contributed by atoms with Crippen molar-refractivity contribution in [3.8, 4) is 23.0 Å². The van der Waals surface area contributed by atoms with E-state index in [4.69, 9.17) is 23.7 Å². The molecule has 77 heavy (non-hydrogen) atoms. The molecule has 0 saturated carbocycles. The number of sulfone groups is 2. The second kappa shape index (κ2) is 26.1. The molecule has 0 radical (unpaired) electrons. The minimum atomic E-state index is -7.23. The number of benzene rings is 4. The number of halogens is 15. The van der Waals surface area contributed by atoms with Crippen LogP contribution in [0.15, 0.2) is 189 Å². The maximum absolute atomic E-state index is 15.4. The van der Waals surface area contributed by atoms with Gasteiger partial charge >= 0.3 is 29.9 Å². The van der Waals surface area contributed by atoms with Crippen LogP contribution >= 0.6 is 0 Å². The van der Waals surface area contributed by atoms with Gasteiger partial charge in [-0.3, -0.25) is 0 Å². The van der Waals surface area contributed by atoms with Gasteiger partial charge in [0.25, 0.3) is 0 Å². The van der Waals surface area contributed by atoms with E-state index in [9.17, 15) is 87.9 Å². The molecular weight excluding hydrogens is 1120 g/mol. The first kappa shape index (κ1) is 62.2. The van der Waals surface area contributed by atoms with Crippen molar-refractivity contribution in [1.29, 1.82) is 0 Å². The normalized spacial score (nSPS) is 14.8. The van der Waals surface area contributed by atoms with Crippen LogP contribution in [-0.4, -0.2) is 85.9 Å². The van der Waals surface area contributed by atoms with Gasteiger partial charge in [-0.25, -0.2) is 65.9 Å². The monoisotopic (exact) mass is 1150 g/mol. The zero-order chi connectivity index (χ0) is 57.7. The molecular formula is C48H35F15O12S2. The summed E-state index contributed by atoms with van der Waals surface area (Å²) in [6.45, 7) is -0.0442. The minimum Gasteiger partial charge on any atom is -0.490 e. The predicted molar refractivity (Wildman–Crippen MR) is 237 cm³/mol. The van der Waals surface area contributed by atoms with E-state index in [1.165, 1.54) is 36.4 Å². The molecule has 4 aromatic carbocycles. The fourth-order valence-corrected chi connectivity index (χ4v) is 8.26. The van der Waals surface area contributed by atoms with E-state index in [0.29, 0.717) is 0 Å². The summed E-state index contributed by atoms with van der Waals surface area (Å²) >= 11 is 0. The fraction of sp³-hybridized carbons (Fsp3) is 0.208. The Labute approximate surface area is 426 Å². The molecule has 416 valence electrons. The largest absolute Gasteiger partial charge is 0.490 e. The molecule has 0 amide bonds. The third-order valence-electron chi connectivity index (χ3n) is 9.64. The topological polar surface area (TPSA) is 158 Å². The number of ether oxygens (including phenoxy) is 6. The van der Waals surface area contributed by atoms with Crippen molar-refractivity contribution in [1.82, 2.24) is 0 Å². The van der Waals surface area contributed by atoms with Crippen LogP contribution in [-0.2, 0) is 38.7 Å². The molecule has 0 saturated heterocycles. The Morgan fingerprint density at radius 1 is 0.519 bits per heavy atom. The number of carbonyl (C=O) groups is 2. The molecule has 0 bridgehead atoms. The van der Waals surface area contributed by atoms with Crippen LogP contribution in [0.3, 0.4) is 0 Å². The molecule has 0 fully saturated rings. The SMILES string of the molecule is C=CC(=O)Oc1ccc(S(=O)(=O)c2ccc(OCC(COCCCOC(F)(/C(F)=C(F)/C(F)=C(F)/C(F)=C(F)/C(F)=C(\F)CF)C(F)(F)C(F)(F)F)Oc3ccc(S(=O)(=O)c4ccc(OC(=O)C=C)cc4)cc3)cc2)cc1. The highest BCUT2D eigenvalue weighted by atomic mass is 32.2. The Morgan fingerprint density at radius 2 is 0.896 bits per heavy atom. The Morgan fingerprint density at radius 3 is 1.29 bits per heavy atom. The molecule has 0 spiro atoms. The molecule has 4 rings (SSSR count). The van der Waals surface area contributed by atoms with Crippen molar-refractivity contribution < 1.29 is 121 Å². The smallest absolute Gasteiger partial charge is 0.460 e. The molecule has 0 aliphatic rings. The number of allylic oxidation sites excluding steroid dienone is 7. The van der Waals surface area contributed by atoms with Crippen LogP contribution < -0.4 is 18.9 Å². The van der Waals surface area contributed by atoms with Crippen LogP contribution in [0.2, 0.25) is 0 Å². The van der Waals surface area contributed by atoms with Crippen molar-refractivity contribution in [2.45, 2.75) is 50.1 Å². The Hall–Kier alpha value is -7.37. The number of alkyl halides is 7. The Balaban J connectivity index is 1.56. The first-order chi connectivity index (χ1) is 36.0. The maximum Gasteiger partial charge on any atom is 0.460 e. The predicted octanol–water partition coefficient (Wildman–Crippen LogP) is 12.2. The summed E-state index contributed by atoms with van der Waals surface area (Å²) in [5.41, 5.74) is 0. The Bertz CT molecular complexity index is 3140. The molecule has 0 N–H and O–H groups in total. The quantitative estimate of drug-likeness (QED) is 0.0147. The maximum atomic E-state index is 15.4. The summed E-state index contributed by atoms with van der Waals surface area (Å²) in [5.74, 6) is -44.6. The fourth-order valence-electron chi connectivity index (χ4n) is 5.74. The lowest BCUT2D eigenvalue weighted by molar-refractivity contribution is -0.375. The molecule has 0 heterocycles. The zero-order valence-electron chi connectivity index (χ0n) is 38.5. The lowest BCUT2D eigenvalue weighted by Crippen LogP contribution is -2.56. The average Bonchev–Trinajstić information content (AvgIpc) is 3.41. The third-order valence-corrected chi connectivity index (χ3v) is 13.2. The number of carbonyl (C=O) groups excluding carboxylic acids is 2. The van der Waals surface area contributed by atoms with E-state index in [-0.39, 0.29) is 42.6 Å². The van der Waals surface area contributed by atoms with Gasteiger partial charge in [0.2, 0.25) is 43.0 Å². The lowest BCUT2D eigenvalue weighted by atomic mass is 10.1. The van der Waals surface area contributed by atoms with E-state index in [0.717, 1.165) is 72.8 Å². The number of rotatable bonds is 26. The van der Waals surface area contributed by atoms with Gasteiger partial charge in [-0.15, -0.1) is 0 Å². The summed E-state index contributed by atoms with van der Waals surface area (Å²) in [4.78, 5) is 21.9. The molecule has 0 aliphatic heterocycles. The van der Waals surface area contributed by atoms with E-state index in [2.05, 4.69) is 17.9 Å². The number of hydrogen-bond donors (Lipinski definition) is 0. The summed E-state index contributed by atoms with van der Waals surface area (Å²) in [6, 6.07) is 18.4. The summed E-state index contributed by atoms with van der Waals surface area (Å²) in [7, 11) is -8.41. The second-order valence-corrected chi connectivity index (χ2v) is 18.8. The highest BCUT2D eigenvalue weighted by molar-refractivity contribution is 7.91. The van der Waals surface area contributed by atoms with E-state index in [1.807, 2.05) is 0 Å². The van der Waals surface area contributed by atoms with Gasteiger partial charge in [-0.2, -0.15) is 26.3 Å². The van der Waals surface area contributed by atoms with Crippen LogP contribution in [0.1, 0.15) is 6.42 Å². The van der Waals surface area contributed by atoms with Gasteiger partial charge < -0.3 is 28.4 Å². The van der Waals surface area contributed by atoms with Crippen LogP contribution in [0.25, 0.3) is 0 Å². The van der Waals surface area contributed by atoms with Crippen LogP contribution in [0.5, 0.6) is 23.0 Å². The van der Waals surface area contributed by atoms with Gasteiger partial charge in [0.05, 0.1) is 32.8 Å². The van der Waals surface area contributed by atoms with Crippen LogP contribution in [0.4, 0.5) is 65.9 Å². The minimum absolute atomic E-state index is 0.00707. The van der Waals surface area contributed by atoms with E-state index in [1.54, 1.807) is 0 Å². The van der Waals surface area contributed by atoms with E-state index >= 15 is 4.39 Å². The zero-order valence-corrected chi connectivity index (χ0v) is 40.1. The number of hydrogen-bond acceptors (Lipinski definition) is 12. The highest BCUT2D eigenvalue weighted by Gasteiger charge is 2.75. The second-order valence-electron chi connectivity index (χ2n) is 14.9.